The Morgan fingerprint density at radius 3 is 2.50 bits per heavy atom. The lowest BCUT2D eigenvalue weighted by atomic mass is 10.2. The second kappa shape index (κ2) is 5.01. The summed E-state index contributed by atoms with van der Waals surface area (Å²) in [6.07, 6.45) is 0. The predicted molar refractivity (Wildman–Crippen MR) is 64.8 cm³/mol. The summed E-state index contributed by atoms with van der Waals surface area (Å²) >= 11 is 0. The third kappa shape index (κ3) is 2.88. The monoisotopic (exact) mass is 221 g/mol. The Morgan fingerprint density at radius 2 is 1.94 bits per heavy atom. The fraction of sp³-hybridized carbons (Fsp3) is 0.200. The van der Waals surface area contributed by atoms with Crippen molar-refractivity contribution in [3.05, 3.63) is 23.8 Å². The Morgan fingerprint density at radius 1 is 1.25 bits per heavy atom. The number of ether oxygens (including phenoxy) is 1. The highest BCUT2D eigenvalue weighted by atomic mass is 16.5. The molecule has 6 N–H and O–H groups in total. The summed E-state index contributed by atoms with van der Waals surface area (Å²) in [5, 5.41) is 0. The van der Waals surface area contributed by atoms with E-state index in [4.69, 9.17) is 21.9 Å². The molecule has 6 nitrogen and oxygen atoms in total. The number of aliphatic imine (C=N–C) groups is 2. The van der Waals surface area contributed by atoms with Crippen LogP contribution in [0.5, 0.6) is 5.75 Å². The number of nitrogens with zero attached hydrogens (tertiary/aromatic N) is 2. The molecule has 0 atom stereocenters. The number of benzene rings is 1. The molecule has 1 aromatic carbocycles. The van der Waals surface area contributed by atoms with Crippen molar-refractivity contribution in [2.24, 2.45) is 27.2 Å². The lowest BCUT2D eigenvalue weighted by molar-refractivity contribution is 0.412. The molecule has 0 aliphatic carbocycles. The van der Waals surface area contributed by atoms with Gasteiger partial charge in [0.1, 0.15) is 5.75 Å². The SMILES string of the molecule is COc1cccc(N=C(N)N=C(N)N)c1C. The van der Waals surface area contributed by atoms with Gasteiger partial charge in [-0.15, -0.1) is 0 Å². The smallest absolute Gasteiger partial charge is 0.223 e. The summed E-state index contributed by atoms with van der Waals surface area (Å²) in [4.78, 5) is 7.70. The minimum atomic E-state index is -0.123. The third-order valence-electron chi connectivity index (χ3n) is 1.95. The molecule has 0 spiro atoms. The van der Waals surface area contributed by atoms with Crippen molar-refractivity contribution in [1.29, 1.82) is 0 Å². The zero-order valence-electron chi connectivity index (χ0n) is 9.27. The first-order chi connectivity index (χ1) is 7.54. The number of guanidine groups is 2. The Labute approximate surface area is 93.8 Å². The van der Waals surface area contributed by atoms with E-state index in [1.165, 1.54) is 0 Å². The second-order valence-corrected chi connectivity index (χ2v) is 3.11. The largest absolute Gasteiger partial charge is 0.496 e. The van der Waals surface area contributed by atoms with Gasteiger partial charge >= 0.3 is 0 Å². The fourth-order valence-corrected chi connectivity index (χ4v) is 1.23. The molecular weight excluding hydrogens is 206 g/mol. The Balaban J connectivity index is 3.11. The first-order valence-corrected chi connectivity index (χ1v) is 4.62. The summed E-state index contributed by atoms with van der Waals surface area (Å²) in [5.74, 6) is 0.622. The molecule has 0 saturated carbocycles. The van der Waals surface area contributed by atoms with Gasteiger partial charge in [-0.2, -0.15) is 4.99 Å². The van der Waals surface area contributed by atoms with Crippen LogP contribution < -0.4 is 21.9 Å². The van der Waals surface area contributed by atoms with E-state index in [1.807, 2.05) is 19.1 Å². The molecule has 86 valence electrons. The second-order valence-electron chi connectivity index (χ2n) is 3.11. The maximum Gasteiger partial charge on any atom is 0.223 e. The summed E-state index contributed by atoms with van der Waals surface area (Å²) < 4.78 is 5.15. The van der Waals surface area contributed by atoms with E-state index in [2.05, 4.69) is 9.98 Å². The van der Waals surface area contributed by atoms with Crippen LogP contribution in [0.25, 0.3) is 0 Å². The molecule has 0 aliphatic rings. The molecule has 0 aliphatic heterocycles. The van der Waals surface area contributed by atoms with Gasteiger partial charge in [-0.3, -0.25) is 0 Å². The average molecular weight is 221 g/mol. The number of methoxy groups -OCH3 is 1. The molecule has 1 rings (SSSR count). The highest BCUT2D eigenvalue weighted by Gasteiger charge is 2.03. The minimum absolute atomic E-state index is 0.0105. The molecule has 0 fully saturated rings. The van der Waals surface area contributed by atoms with E-state index in [9.17, 15) is 0 Å². The molecule has 0 amide bonds. The van der Waals surface area contributed by atoms with Crippen LogP contribution in [0.1, 0.15) is 5.56 Å². The molecule has 1 aromatic rings. The molecule has 0 aromatic heterocycles. The third-order valence-corrected chi connectivity index (χ3v) is 1.95. The van der Waals surface area contributed by atoms with Crippen molar-refractivity contribution in [3.63, 3.8) is 0 Å². The van der Waals surface area contributed by atoms with Gasteiger partial charge in [0, 0.05) is 5.56 Å². The normalized spacial score (nSPS) is 11.0. The van der Waals surface area contributed by atoms with Crippen LogP contribution in [-0.4, -0.2) is 19.0 Å². The zero-order chi connectivity index (χ0) is 12.1. The van der Waals surface area contributed by atoms with Gasteiger partial charge in [0.2, 0.25) is 5.96 Å². The maximum absolute atomic E-state index is 5.53. The molecule has 0 bridgehead atoms. The summed E-state index contributed by atoms with van der Waals surface area (Å²) in [7, 11) is 1.59. The van der Waals surface area contributed by atoms with E-state index in [0.717, 1.165) is 11.3 Å². The van der Waals surface area contributed by atoms with Gasteiger partial charge in [0.25, 0.3) is 0 Å². The Kier molecular flexibility index (Phi) is 3.71. The van der Waals surface area contributed by atoms with Crippen molar-refractivity contribution in [2.75, 3.05) is 7.11 Å². The van der Waals surface area contributed by atoms with Crippen LogP contribution >= 0.6 is 0 Å². The Hall–Kier alpha value is -2.24. The number of nitrogens with two attached hydrogens (primary N) is 3. The zero-order valence-corrected chi connectivity index (χ0v) is 9.27. The fourth-order valence-electron chi connectivity index (χ4n) is 1.23. The maximum atomic E-state index is 5.53. The van der Waals surface area contributed by atoms with Gasteiger partial charge in [-0.05, 0) is 19.1 Å². The van der Waals surface area contributed by atoms with Crippen molar-refractivity contribution in [1.82, 2.24) is 0 Å². The lowest BCUT2D eigenvalue weighted by Gasteiger charge is -2.06. The van der Waals surface area contributed by atoms with Crippen LogP contribution in [0.15, 0.2) is 28.2 Å². The molecule has 6 heteroatoms. The van der Waals surface area contributed by atoms with Gasteiger partial charge in [0.15, 0.2) is 5.96 Å². The van der Waals surface area contributed by atoms with Crippen LogP contribution in [0.4, 0.5) is 5.69 Å². The lowest BCUT2D eigenvalue weighted by Crippen LogP contribution is -2.26. The van der Waals surface area contributed by atoms with Crippen molar-refractivity contribution < 1.29 is 4.74 Å². The van der Waals surface area contributed by atoms with Crippen LogP contribution in [-0.2, 0) is 0 Å². The van der Waals surface area contributed by atoms with Crippen molar-refractivity contribution in [2.45, 2.75) is 6.92 Å². The standard InChI is InChI=1S/C10H15N5O/c1-6-7(4-3-5-8(6)16-2)14-10(13)15-9(11)12/h3-5H,1-2H3,(H6,11,12,13,14,15). The average Bonchev–Trinajstić information content (AvgIpc) is 2.20. The topological polar surface area (TPSA) is 112 Å². The number of rotatable bonds is 2. The minimum Gasteiger partial charge on any atom is -0.496 e. The highest BCUT2D eigenvalue weighted by molar-refractivity contribution is 5.93. The number of hydrogen-bond donors (Lipinski definition) is 3. The molecule has 0 radical (unpaired) electrons. The first kappa shape index (κ1) is 11.8. The number of hydrogen-bond acceptors (Lipinski definition) is 2. The molecular formula is C10H15N5O. The van der Waals surface area contributed by atoms with E-state index >= 15 is 0 Å². The molecule has 16 heavy (non-hydrogen) atoms. The Bertz CT molecular complexity index is 435. The van der Waals surface area contributed by atoms with Crippen molar-refractivity contribution >= 4 is 17.6 Å². The molecule has 0 unspecified atom stereocenters. The summed E-state index contributed by atoms with van der Waals surface area (Å²) in [6, 6.07) is 5.45. The van der Waals surface area contributed by atoms with E-state index in [-0.39, 0.29) is 11.9 Å². The highest BCUT2D eigenvalue weighted by Crippen LogP contribution is 2.27. The van der Waals surface area contributed by atoms with Gasteiger partial charge in [0.05, 0.1) is 12.8 Å². The van der Waals surface area contributed by atoms with Crippen LogP contribution in [0.3, 0.4) is 0 Å². The van der Waals surface area contributed by atoms with Crippen molar-refractivity contribution in [3.8, 4) is 5.75 Å². The predicted octanol–water partition coefficient (Wildman–Crippen LogP) is 0.223. The van der Waals surface area contributed by atoms with Crippen LogP contribution in [0, 0.1) is 6.92 Å². The van der Waals surface area contributed by atoms with Gasteiger partial charge in [-0.1, -0.05) is 6.07 Å². The summed E-state index contributed by atoms with van der Waals surface area (Å²) in [5.41, 5.74) is 17.4. The molecule has 0 saturated heterocycles. The van der Waals surface area contributed by atoms with E-state index in [0.29, 0.717) is 5.69 Å². The van der Waals surface area contributed by atoms with Gasteiger partial charge in [-0.25, -0.2) is 4.99 Å². The van der Waals surface area contributed by atoms with E-state index in [1.54, 1.807) is 13.2 Å². The molecule has 0 heterocycles. The summed E-state index contributed by atoms with van der Waals surface area (Å²) in [6.45, 7) is 1.88. The van der Waals surface area contributed by atoms with Crippen LogP contribution in [0.2, 0.25) is 0 Å². The van der Waals surface area contributed by atoms with Gasteiger partial charge < -0.3 is 21.9 Å². The van der Waals surface area contributed by atoms with E-state index < -0.39 is 0 Å². The quantitative estimate of drug-likeness (QED) is 0.490. The first-order valence-electron chi connectivity index (χ1n) is 4.62.